The van der Waals surface area contributed by atoms with Crippen molar-refractivity contribution in [1.29, 1.82) is 0 Å². The number of nitro benzene ring substituents is 1. The zero-order chi connectivity index (χ0) is 14.9. The van der Waals surface area contributed by atoms with Crippen LogP contribution < -0.4 is 5.32 Å². The number of benzene rings is 1. The van der Waals surface area contributed by atoms with Crippen LogP contribution in [0.3, 0.4) is 0 Å². The second-order valence-electron chi connectivity index (χ2n) is 5.45. The number of rotatable bonds is 3. The van der Waals surface area contributed by atoms with Crippen molar-refractivity contribution >= 4 is 11.4 Å². The van der Waals surface area contributed by atoms with E-state index in [-0.39, 0.29) is 6.04 Å². The molecule has 1 aromatic carbocycles. The first-order valence-electron chi connectivity index (χ1n) is 6.33. The molecule has 1 unspecified atom stereocenters. The van der Waals surface area contributed by atoms with Crippen molar-refractivity contribution in [3.8, 4) is 0 Å². The van der Waals surface area contributed by atoms with Crippen LogP contribution in [0.1, 0.15) is 26.7 Å². The first-order chi connectivity index (χ1) is 9.30. The van der Waals surface area contributed by atoms with Gasteiger partial charge in [0.2, 0.25) is 0 Å². The Kier molecular flexibility index (Phi) is 3.89. The smallest absolute Gasteiger partial charge is 0.295 e. The fraction of sp³-hybridized carbons (Fsp3) is 0.538. The van der Waals surface area contributed by atoms with E-state index in [1.165, 1.54) is 0 Å². The van der Waals surface area contributed by atoms with Crippen molar-refractivity contribution in [3.05, 3.63) is 33.9 Å². The Hall–Kier alpha value is -1.76. The third-order valence-corrected chi connectivity index (χ3v) is 3.32. The van der Waals surface area contributed by atoms with Gasteiger partial charge < -0.3 is 10.1 Å². The number of halogens is 2. The lowest BCUT2D eigenvalue weighted by atomic mass is 9.93. The summed E-state index contributed by atoms with van der Waals surface area (Å²) in [4.78, 5) is 10.2. The molecule has 7 heteroatoms. The molecule has 0 aromatic heterocycles. The van der Waals surface area contributed by atoms with E-state index in [2.05, 4.69) is 5.32 Å². The standard InChI is InChI=1S/C13H16F2N2O3/c1-13(2)7-8(5-6-20-13)16-12-10(17(18)19)4-3-9(14)11(12)15/h3-4,8,16H,5-7H2,1-2H3. The average Bonchev–Trinajstić information content (AvgIpc) is 2.33. The topological polar surface area (TPSA) is 64.4 Å². The zero-order valence-corrected chi connectivity index (χ0v) is 11.3. The summed E-state index contributed by atoms with van der Waals surface area (Å²) in [5.41, 5.74) is -1.25. The van der Waals surface area contributed by atoms with Crippen LogP contribution in [0.2, 0.25) is 0 Å². The maximum Gasteiger partial charge on any atom is 0.295 e. The fourth-order valence-electron chi connectivity index (χ4n) is 2.39. The monoisotopic (exact) mass is 286 g/mol. The largest absolute Gasteiger partial charge is 0.375 e. The molecule has 1 N–H and O–H groups in total. The fourth-order valence-corrected chi connectivity index (χ4v) is 2.39. The first-order valence-corrected chi connectivity index (χ1v) is 6.33. The lowest BCUT2D eigenvalue weighted by Gasteiger charge is -2.36. The molecule has 20 heavy (non-hydrogen) atoms. The van der Waals surface area contributed by atoms with Gasteiger partial charge in [-0.1, -0.05) is 0 Å². The van der Waals surface area contributed by atoms with Crippen LogP contribution in [0.4, 0.5) is 20.2 Å². The minimum absolute atomic E-state index is 0.200. The molecule has 1 heterocycles. The van der Waals surface area contributed by atoms with Crippen molar-refractivity contribution in [1.82, 2.24) is 0 Å². The van der Waals surface area contributed by atoms with Gasteiger partial charge in [0.15, 0.2) is 17.3 Å². The van der Waals surface area contributed by atoms with Crippen molar-refractivity contribution < 1.29 is 18.4 Å². The number of nitrogens with one attached hydrogen (secondary N) is 1. The molecule has 0 bridgehead atoms. The van der Waals surface area contributed by atoms with Crippen LogP contribution in [-0.4, -0.2) is 23.2 Å². The van der Waals surface area contributed by atoms with Gasteiger partial charge in [0.25, 0.3) is 5.69 Å². The van der Waals surface area contributed by atoms with E-state index in [9.17, 15) is 18.9 Å². The maximum atomic E-state index is 13.8. The molecule has 1 aromatic rings. The molecule has 1 aliphatic heterocycles. The van der Waals surface area contributed by atoms with Crippen LogP contribution in [0, 0.1) is 21.7 Å². The van der Waals surface area contributed by atoms with Gasteiger partial charge in [-0.3, -0.25) is 10.1 Å². The molecule has 1 fully saturated rings. The SMILES string of the molecule is CC1(C)CC(Nc2c([N+](=O)[O-])ccc(F)c2F)CCO1. The summed E-state index contributed by atoms with van der Waals surface area (Å²) in [6.07, 6.45) is 1.14. The number of nitro groups is 1. The zero-order valence-electron chi connectivity index (χ0n) is 11.3. The highest BCUT2D eigenvalue weighted by Gasteiger charge is 2.31. The predicted octanol–water partition coefficient (Wildman–Crippen LogP) is 3.24. The van der Waals surface area contributed by atoms with Crippen molar-refractivity contribution in [2.75, 3.05) is 11.9 Å². The summed E-state index contributed by atoms with van der Waals surface area (Å²) < 4.78 is 32.6. The molecule has 2 rings (SSSR count). The van der Waals surface area contributed by atoms with E-state index in [0.717, 1.165) is 12.1 Å². The van der Waals surface area contributed by atoms with Crippen LogP contribution in [0.25, 0.3) is 0 Å². The number of hydrogen-bond donors (Lipinski definition) is 1. The molecule has 1 saturated heterocycles. The normalized spacial score (nSPS) is 21.5. The van der Waals surface area contributed by atoms with Crippen LogP contribution in [-0.2, 0) is 4.74 Å². The molecular weight excluding hydrogens is 270 g/mol. The summed E-state index contributed by atoms with van der Waals surface area (Å²) in [6, 6.07) is 1.52. The number of hydrogen-bond acceptors (Lipinski definition) is 4. The van der Waals surface area contributed by atoms with E-state index < -0.39 is 33.5 Å². The Labute approximate surface area is 115 Å². The lowest BCUT2D eigenvalue weighted by Crippen LogP contribution is -2.40. The third-order valence-electron chi connectivity index (χ3n) is 3.32. The number of ether oxygens (including phenoxy) is 1. The van der Waals surface area contributed by atoms with Crippen LogP contribution >= 0.6 is 0 Å². The summed E-state index contributed by atoms with van der Waals surface area (Å²) in [5.74, 6) is -2.33. The van der Waals surface area contributed by atoms with Crippen molar-refractivity contribution in [2.45, 2.75) is 38.3 Å². The molecule has 0 saturated carbocycles. The van der Waals surface area contributed by atoms with Gasteiger partial charge in [0.1, 0.15) is 0 Å². The summed E-state index contributed by atoms with van der Waals surface area (Å²) >= 11 is 0. The van der Waals surface area contributed by atoms with Crippen LogP contribution in [0.5, 0.6) is 0 Å². The van der Waals surface area contributed by atoms with Gasteiger partial charge in [-0.05, 0) is 32.8 Å². The third kappa shape index (κ3) is 3.04. The molecule has 1 aliphatic rings. The Bertz CT molecular complexity index is 535. The Morgan fingerprint density at radius 1 is 1.45 bits per heavy atom. The van der Waals surface area contributed by atoms with Crippen molar-refractivity contribution in [3.63, 3.8) is 0 Å². The van der Waals surface area contributed by atoms with Gasteiger partial charge >= 0.3 is 0 Å². The molecule has 110 valence electrons. The second kappa shape index (κ2) is 5.32. The Morgan fingerprint density at radius 2 is 2.15 bits per heavy atom. The van der Waals surface area contributed by atoms with Crippen LogP contribution in [0.15, 0.2) is 12.1 Å². The lowest BCUT2D eigenvalue weighted by molar-refractivity contribution is -0.384. The predicted molar refractivity (Wildman–Crippen MR) is 69.7 cm³/mol. The highest BCUT2D eigenvalue weighted by atomic mass is 19.2. The molecule has 0 amide bonds. The van der Waals surface area contributed by atoms with Gasteiger partial charge in [-0.2, -0.15) is 0 Å². The van der Waals surface area contributed by atoms with Crippen molar-refractivity contribution in [2.24, 2.45) is 0 Å². The minimum atomic E-state index is -1.22. The molecular formula is C13H16F2N2O3. The Balaban J connectivity index is 2.28. The summed E-state index contributed by atoms with van der Waals surface area (Å²) in [6.45, 7) is 4.24. The second-order valence-corrected chi connectivity index (χ2v) is 5.45. The first kappa shape index (κ1) is 14.6. The average molecular weight is 286 g/mol. The van der Waals surface area contributed by atoms with E-state index in [1.54, 1.807) is 0 Å². The molecule has 0 spiro atoms. The number of nitrogens with zero attached hydrogens (tertiary/aromatic N) is 1. The van der Waals surface area contributed by atoms with Gasteiger partial charge in [0.05, 0.1) is 10.5 Å². The molecule has 0 radical (unpaired) electrons. The molecule has 1 atom stereocenters. The quantitative estimate of drug-likeness (QED) is 0.684. The van der Waals surface area contributed by atoms with E-state index in [1.807, 2.05) is 13.8 Å². The minimum Gasteiger partial charge on any atom is -0.375 e. The van der Waals surface area contributed by atoms with E-state index >= 15 is 0 Å². The Morgan fingerprint density at radius 3 is 2.75 bits per heavy atom. The summed E-state index contributed by atoms with van der Waals surface area (Å²) in [7, 11) is 0. The maximum absolute atomic E-state index is 13.8. The van der Waals surface area contributed by atoms with Gasteiger partial charge in [-0.25, -0.2) is 8.78 Å². The highest BCUT2D eigenvalue weighted by molar-refractivity contribution is 5.63. The van der Waals surface area contributed by atoms with E-state index in [4.69, 9.17) is 4.74 Å². The van der Waals surface area contributed by atoms with E-state index in [0.29, 0.717) is 19.4 Å². The highest BCUT2D eigenvalue weighted by Crippen LogP contribution is 2.33. The van der Waals surface area contributed by atoms with Gasteiger partial charge in [0, 0.05) is 18.7 Å². The number of anilines is 1. The molecule has 0 aliphatic carbocycles. The molecule has 5 nitrogen and oxygen atoms in total. The summed E-state index contributed by atoms with van der Waals surface area (Å²) in [5, 5.41) is 13.7. The van der Waals surface area contributed by atoms with Gasteiger partial charge in [-0.15, -0.1) is 0 Å².